The van der Waals surface area contributed by atoms with Crippen molar-refractivity contribution in [3.63, 3.8) is 0 Å². The van der Waals surface area contributed by atoms with Crippen LogP contribution in [0.15, 0.2) is 0 Å². The molecule has 0 radical (unpaired) electrons. The molecule has 1 aromatic carbocycles. The molecule has 1 rings (SSSR count). The first-order valence-corrected chi connectivity index (χ1v) is 4.50. The van der Waals surface area contributed by atoms with Gasteiger partial charge in [-0.15, -0.1) is 0 Å². The Kier molecular flexibility index (Phi) is 22.0. The van der Waals surface area contributed by atoms with Crippen molar-refractivity contribution < 1.29 is 71.3 Å². The summed E-state index contributed by atoms with van der Waals surface area (Å²) in [5, 5.41) is 0. The molecule has 0 aliphatic heterocycles. The van der Waals surface area contributed by atoms with Crippen LogP contribution in [0, 0.1) is 41.5 Å². The first kappa shape index (κ1) is 30.8. The van der Waals surface area contributed by atoms with E-state index in [0.717, 1.165) is 0 Å². The summed E-state index contributed by atoms with van der Waals surface area (Å²) in [7, 11) is 0. The molecular formula is C12H18Cl4Ti. The van der Waals surface area contributed by atoms with Crippen molar-refractivity contribution in [3.8, 4) is 0 Å². The van der Waals surface area contributed by atoms with Gasteiger partial charge in [-0.1, -0.05) is 0 Å². The number of hydrogen-bond acceptors (Lipinski definition) is 0. The fraction of sp³-hybridized carbons (Fsp3) is 0.500. The molecule has 98 valence electrons. The van der Waals surface area contributed by atoms with Gasteiger partial charge in [0, 0.05) is 0 Å². The van der Waals surface area contributed by atoms with E-state index in [1.54, 1.807) is 0 Å². The third-order valence-electron chi connectivity index (χ3n) is 3.38. The molecule has 0 heterocycles. The fourth-order valence-corrected chi connectivity index (χ4v) is 1.69. The summed E-state index contributed by atoms with van der Waals surface area (Å²) in [4.78, 5) is 0. The Morgan fingerprint density at radius 2 is 0.412 bits per heavy atom. The third kappa shape index (κ3) is 6.18. The van der Waals surface area contributed by atoms with Crippen molar-refractivity contribution in [1.82, 2.24) is 0 Å². The standard InChI is InChI=1S/C12H18.4ClH.Ti/c1-7-8(2)10(4)12(6)11(5)9(7)3;;;;;/h1-6H3;4*1H;/q;;;;;+4/p-4. The van der Waals surface area contributed by atoms with E-state index in [0.29, 0.717) is 0 Å². The average Bonchev–Trinajstić information content (AvgIpc) is 2.08. The van der Waals surface area contributed by atoms with Gasteiger partial charge in [0.15, 0.2) is 0 Å². The smallest absolute Gasteiger partial charge is 1.00 e. The van der Waals surface area contributed by atoms with Crippen molar-refractivity contribution in [2.45, 2.75) is 41.5 Å². The predicted molar refractivity (Wildman–Crippen MR) is 54.9 cm³/mol. The number of benzene rings is 1. The van der Waals surface area contributed by atoms with Gasteiger partial charge in [0.05, 0.1) is 0 Å². The predicted octanol–water partition coefficient (Wildman–Crippen LogP) is -8.45. The van der Waals surface area contributed by atoms with Crippen LogP contribution in [0.4, 0.5) is 0 Å². The second-order valence-electron chi connectivity index (χ2n) is 3.75. The van der Waals surface area contributed by atoms with Gasteiger partial charge in [0.2, 0.25) is 0 Å². The molecule has 0 bridgehead atoms. The monoisotopic (exact) mass is 350 g/mol. The number of hydrogen-bond donors (Lipinski definition) is 0. The molecule has 5 heteroatoms. The maximum absolute atomic E-state index is 2.21. The van der Waals surface area contributed by atoms with Crippen LogP contribution in [0.1, 0.15) is 33.4 Å². The Labute approximate surface area is 145 Å². The van der Waals surface area contributed by atoms with E-state index in [2.05, 4.69) is 41.5 Å². The number of halogens is 4. The van der Waals surface area contributed by atoms with Crippen LogP contribution in [-0.4, -0.2) is 0 Å². The van der Waals surface area contributed by atoms with Crippen LogP contribution < -0.4 is 49.6 Å². The quantitative estimate of drug-likeness (QED) is 0.407. The molecule has 0 aromatic heterocycles. The van der Waals surface area contributed by atoms with Gasteiger partial charge in [0.1, 0.15) is 0 Å². The molecule has 1 aromatic rings. The van der Waals surface area contributed by atoms with Gasteiger partial charge in [0.25, 0.3) is 0 Å². The molecule has 0 saturated carbocycles. The summed E-state index contributed by atoms with van der Waals surface area (Å²) in [5.74, 6) is 0. The Bertz CT molecular complexity index is 233. The molecule has 0 amide bonds. The minimum absolute atomic E-state index is 0. The van der Waals surface area contributed by atoms with E-state index in [-0.39, 0.29) is 71.3 Å². The molecular weight excluding hydrogens is 334 g/mol. The third-order valence-corrected chi connectivity index (χ3v) is 3.38. The van der Waals surface area contributed by atoms with Gasteiger partial charge in [-0.3, -0.25) is 0 Å². The molecule has 0 atom stereocenters. The molecule has 0 fully saturated rings. The van der Waals surface area contributed by atoms with E-state index in [9.17, 15) is 0 Å². The zero-order valence-electron chi connectivity index (χ0n) is 11.0. The molecule has 0 spiro atoms. The van der Waals surface area contributed by atoms with E-state index in [1.807, 2.05) is 0 Å². The Hall–Kier alpha value is 1.09. The second kappa shape index (κ2) is 12.1. The van der Waals surface area contributed by atoms with Gasteiger partial charge < -0.3 is 49.6 Å². The van der Waals surface area contributed by atoms with Crippen LogP contribution >= 0.6 is 0 Å². The Morgan fingerprint density at radius 3 is 0.471 bits per heavy atom. The molecule has 0 aliphatic carbocycles. The molecule has 17 heavy (non-hydrogen) atoms. The van der Waals surface area contributed by atoms with E-state index in [1.165, 1.54) is 33.4 Å². The first-order chi connectivity index (χ1) is 5.46. The average molecular weight is 352 g/mol. The summed E-state index contributed by atoms with van der Waals surface area (Å²) >= 11 is 0. The fourth-order valence-electron chi connectivity index (χ4n) is 1.69. The van der Waals surface area contributed by atoms with Crippen molar-refractivity contribution in [1.29, 1.82) is 0 Å². The summed E-state index contributed by atoms with van der Waals surface area (Å²) in [5.41, 5.74) is 8.73. The summed E-state index contributed by atoms with van der Waals surface area (Å²) in [6, 6.07) is 0. The molecule has 0 saturated heterocycles. The van der Waals surface area contributed by atoms with E-state index >= 15 is 0 Å². The van der Waals surface area contributed by atoms with Gasteiger partial charge in [-0.25, -0.2) is 0 Å². The molecule has 0 nitrogen and oxygen atoms in total. The van der Waals surface area contributed by atoms with Gasteiger partial charge in [-0.2, -0.15) is 0 Å². The first-order valence-electron chi connectivity index (χ1n) is 4.50. The Balaban J connectivity index is -0.0000000960. The molecule has 0 aliphatic rings. The maximum Gasteiger partial charge on any atom is 4.00 e. The summed E-state index contributed by atoms with van der Waals surface area (Å²) in [6.07, 6.45) is 0. The van der Waals surface area contributed by atoms with Crippen LogP contribution in [0.2, 0.25) is 0 Å². The van der Waals surface area contributed by atoms with Crippen molar-refractivity contribution in [3.05, 3.63) is 33.4 Å². The summed E-state index contributed by atoms with van der Waals surface area (Å²) in [6.45, 7) is 13.3. The number of rotatable bonds is 0. The van der Waals surface area contributed by atoms with Crippen molar-refractivity contribution in [2.24, 2.45) is 0 Å². The Morgan fingerprint density at radius 1 is 0.353 bits per heavy atom. The minimum Gasteiger partial charge on any atom is -1.00 e. The normalized spacial score (nSPS) is 7.41. The molecule has 0 unspecified atom stereocenters. The van der Waals surface area contributed by atoms with Gasteiger partial charge in [-0.05, 0) is 74.9 Å². The zero-order chi connectivity index (χ0) is 9.46. The van der Waals surface area contributed by atoms with Crippen molar-refractivity contribution in [2.75, 3.05) is 0 Å². The molecule has 0 N–H and O–H groups in total. The zero-order valence-corrected chi connectivity index (χ0v) is 15.6. The maximum atomic E-state index is 2.21. The summed E-state index contributed by atoms with van der Waals surface area (Å²) < 4.78 is 0. The van der Waals surface area contributed by atoms with Crippen LogP contribution in [0.3, 0.4) is 0 Å². The van der Waals surface area contributed by atoms with Gasteiger partial charge >= 0.3 is 21.7 Å². The van der Waals surface area contributed by atoms with E-state index in [4.69, 9.17) is 0 Å². The second-order valence-corrected chi connectivity index (χ2v) is 3.75. The van der Waals surface area contributed by atoms with Crippen LogP contribution in [0.25, 0.3) is 0 Å². The van der Waals surface area contributed by atoms with E-state index < -0.39 is 0 Å². The van der Waals surface area contributed by atoms with Crippen molar-refractivity contribution >= 4 is 0 Å². The topological polar surface area (TPSA) is 0 Å². The SMILES string of the molecule is Cc1c(C)c(C)c(C)c(C)c1C.[Cl-].[Cl-].[Cl-].[Cl-].[Ti+4]. The van der Waals surface area contributed by atoms with Crippen LogP contribution in [-0.2, 0) is 21.7 Å². The van der Waals surface area contributed by atoms with Crippen LogP contribution in [0.5, 0.6) is 0 Å². The minimum atomic E-state index is 0. The largest absolute Gasteiger partial charge is 4.00 e.